The van der Waals surface area contributed by atoms with Crippen LogP contribution in [0.2, 0.25) is 0 Å². The first-order chi connectivity index (χ1) is 15.1. The summed E-state index contributed by atoms with van der Waals surface area (Å²) in [5, 5.41) is 8.24. The van der Waals surface area contributed by atoms with Gasteiger partial charge in [0.2, 0.25) is 5.91 Å². The predicted octanol–water partition coefficient (Wildman–Crippen LogP) is 3.35. The molecule has 4 rings (SSSR count). The maximum atomic E-state index is 14.7. The molecule has 0 unspecified atom stereocenters. The van der Waals surface area contributed by atoms with Gasteiger partial charge >= 0.3 is 0 Å². The number of amides is 2. The second-order valence-electron chi connectivity index (χ2n) is 7.22. The Morgan fingerprint density at radius 2 is 1.97 bits per heavy atom. The third kappa shape index (κ3) is 4.72. The van der Waals surface area contributed by atoms with Crippen molar-refractivity contribution in [1.29, 1.82) is 0 Å². The molecule has 1 fully saturated rings. The van der Waals surface area contributed by atoms with Crippen molar-refractivity contribution >= 4 is 23.3 Å². The number of nitrogens with one attached hydrogen (secondary N) is 1. The first-order valence-electron chi connectivity index (χ1n) is 9.83. The lowest BCUT2D eigenvalue weighted by atomic mass is 10.0. The quantitative estimate of drug-likeness (QED) is 0.581. The van der Waals surface area contributed by atoms with E-state index < -0.39 is 23.7 Å². The Bertz CT molecular complexity index is 1050. The van der Waals surface area contributed by atoms with Crippen LogP contribution in [0.25, 0.3) is 0 Å². The lowest BCUT2D eigenvalue weighted by molar-refractivity contribution is -0.126. The van der Waals surface area contributed by atoms with Gasteiger partial charge in [-0.05, 0) is 48.1 Å². The molecule has 1 atom stereocenters. The van der Waals surface area contributed by atoms with Gasteiger partial charge in [0.15, 0.2) is 5.69 Å². The zero-order valence-corrected chi connectivity index (χ0v) is 17.6. The van der Waals surface area contributed by atoms with Crippen molar-refractivity contribution in [2.24, 2.45) is 0 Å². The van der Waals surface area contributed by atoms with Gasteiger partial charge in [-0.1, -0.05) is 34.8 Å². The number of aromatic nitrogens is 2. The topological polar surface area (TPSA) is 84.4 Å². The molecule has 0 aliphatic heterocycles. The molecule has 2 aromatic carbocycles. The lowest BCUT2D eigenvalue weighted by Crippen LogP contribution is -2.45. The molecule has 160 valence electrons. The molecular formula is C22H21FN4O3S. The van der Waals surface area contributed by atoms with E-state index in [0.29, 0.717) is 5.75 Å². The number of carbonyl (C=O) groups excluding carboxylic acids is 2. The first kappa shape index (κ1) is 20.9. The fraction of sp³-hybridized carbons (Fsp3) is 0.273. The second-order valence-corrected chi connectivity index (χ2v) is 7.83. The summed E-state index contributed by atoms with van der Waals surface area (Å²) in [6.07, 6.45) is 1.50. The summed E-state index contributed by atoms with van der Waals surface area (Å²) in [5.41, 5.74) is 1.16. The van der Waals surface area contributed by atoms with Gasteiger partial charge in [-0.3, -0.25) is 9.59 Å². The van der Waals surface area contributed by atoms with Crippen molar-refractivity contribution in [2.75, 3.05) is 7.11 Å². The van der Waals surface area contributed by atoms with E-state index in [0.717, 1.165) is 29.9 Å². The number of benzene rings is 2. The minimum Gasteiger partial charge on any atom is -0.497 e. The van der Waals surface area contributed by atoms with E-state index in [1.54, 1.807) is 31.4 Å². The zero-order valence-electron chi connectivity index (χ0n) is 16.8. The molecular weight excluding hydrogens is 419 g/mol. The monoisotopic (exact) mass is 440 g/mol. The van der Waals surface area contributed by atoms with Gasteiger partial charge in [-0.2, -0.15) is 0 Å². The summed E-state index contributed by atoms with van der Waals surface area (Å²) >= 11 is 1.05. The van der Waals surface area contributed by atoms with Gasteiger partial charge in [-0.25, -0.2) is 4.39 Å². The Labute approximate surface area is 183 Å². The molecule has 0 bridgehead atoms. The van der Waals surface area contributed by atoms with E-state index in [-0.39, 0.29) is 23.8 Å². The molecule has 0 radical (unpaired) electrons. The van der Waals surface area contributed by atoms with E-state index in [9.17, 15) is 14.0 Å². The van der Waals surface area contributed by atoms with Crippen molar-refractivity contribution < 1.29 is 18.7 Å². The number of carbonyl (C=O) groups is 2. The van der Waals surface area contributed by atoms with Gasteiger partial charge in [0.05, 0.1) is 7.11 Å². The maximum absolute atomic E-state index is 14.7. The van der Waals surface area contributed by atoms with Crippen molar-refractivity contribution in [3.63, 3.8) is 0 Å². The van der Waals surface area contributed by atoms with Crippen LogP contribution in [0.1, 0.15) is 40.5 Å². The summed E-state index contributed by atoms with van der Waals surface area (Å²) in [6, 6.07) is 12.0. The highest BCUT2D eigenvalue weighted by Crippen LogP contribution is 2.36. The van der Waals surface area contributed by atoms with Crippen LogP contribution in [0.5, 0.6) is 5.75 Å². The summed E-state index contributed by atoms with van der Waals surface area (Å²) in [6.45, 7) is 0.235. The second kappa shape index (κ2) is 9.22. The van der Waals surface area contributed by atoms with Gasteiger partial charge in [-0.15, -0.1) is 5.10 Å². The van der Waals surface area contributed by atoms with Crippen LogP contribution in [0, 0.1) is 5.82 Å². The van der Waals surface area contributed by atoms with Gasteiger partial charge < -0.3 is 15.0 Å². The molecule has 1 saturated carbocycles. The molecule has 1 aliphatic carbocycles. The number of halogens is 1. The Balaban J connectivity index is 1.62. The lowest BCUT2D eigenvalue weighted by Gasteiger charge is -2.31. The van der Waals surface area contributed by atoms with E-state index in [2.05, 4.69) is 14.9 Å². The predicted molar refractivity (Wildman–Crippen MR) is 113 cm³/mol. The number of hydrogen-bond donors (Lipinski definition) is 1. The van der Waals surface area contributed by atoms with Gasteiger partial charge in [0, 0.05) is 23.5 Å². The SMILES string of the molecule is COc1ccc(CNC(=O)[C@H](c2ccccc2F)N(C(=O)c2csnn2)C2CC2)cc1. The van der Waals surface area contributed by atoms with Crippen LogP contribution >= 0.6 is 11.5 Å². The Morgan fingerprint density at radius 1 is 1.23 bits per heavy atom. The molecule has 3 aromatic rings. The fourth-order valence-electron chi connectivity index (χ4n) is 3.38. The van der Waals surface area contributed by atoms with Crippen LogP contribution in [-0.2, 0) is 11.3 Å². The number of methoxy groups -OCH3 is 1. The average molecular weight is 441 g/mol. The normalized spacial score (nSPS) is 14.0. The fourth-order valence-corrected chi connectivity index (χ4v) is 3.81. The molecule has 1 aliphatic rings. The standard InChI is InChI=1S/C22H21FN4O3S/c1-30-16-10-6-14(7-11-16)12-24-21(28)20(17-4-2-3-5-18(17)23)27(15-8-9-15)22(29)19-13-31-26-25-19/h2-7,10-11,13,15,20H,8-9,12H2,1H3,(H,24,28)/t20-/m0/s1. The number of nitrogens with zero attached hydrogens (tertiary/aromatic N) is 3. The van der Waals surface area contributed by atoms with E-state index in [4.69, 9.17) is 4.74 Å². The highest BCUT2D eigenvalue weighted by molar-refractivity contribution is 7.03. The van der Waals surface area contributed by atoms with Crippen molar-refractivity contribution in [3.05, 3.63) is 76.5 Å². The zero-order chi connectivity index (χ0) is 21.8. The molecule has 2 amide bonds. The van der Waals surface area contributed by atoms with Crippen molar-refractivity contribution in [3.8, 4) is 5.75 Å². The van der Waals surface area contributed by atoms with E-state index >= 15 is 0 Å². The molecule has 1 N–H and O–H groups in total. The van der Waals surface area contributed by atoms with Crippen molar-refractivity contribution in [2.45, 2.75) is 31.5 Å². The van der Waals surface area contributed by atoms with Crippen LogP contribution in [-0.4, -0.2) is 39.5 Å². The van der Waals surface area contributed by atoms with Crippen LogP contribution in [0.15, 0.2) is 53.9 Å². The van der Waals surface area contributed by atoms with E-state index in [1.165, 1.54) is 22.4 Å². The highest BCUT2D eigenvalue weighted by Gasteiger charge is 2.43. The largest absolute Gasteiger partial charge is 0.497 e. The molecule has 31 heavy (non-hydrogen) atoms. The average Bonchev–Trinajstić information content (AvgIpc) is 3.48. The summed E-state index contributed by atoms with van der Waals surface area (Å²) in [7, 11) is 1.58. The van der Waals surface area contributed by atoms with Crippen LogP contribution in [0.3, 0.4) is 0 Å². The van der Waals surface area contributed by atoms with E-state index in [1.807, 2.05) is 12.1 Å². The Kier molecular flexibility index (Phi) is 6.22. The number of hydrogen-bond acceptors (Lipinski definition) is 6. The molecule has 0 saturated heterocycles. The maximum Gasteiger partial charge on any atom is 0.276 e. The number of ether oxygens (including phenoxy) is 1. The molecule has 1 aromatic heterocycles. The van der Waals surface area contributed by atoms with Crippen LogP contribution < -0.4 is 10.1 Å². The third-order valence-electron chi connectivity index (χ3n) is 5.11. The highest BCUT2D eigenvalue weighted by atomic mass is 32.1. The molecule has 7 nitrogen and oxygen atoms in total. The molecule has 9 heteroatoms. The van der Waals surface area contributed by atoms with Crippen molar-refractivity contribution in [1.82, 2.24) is 19.8 Å². The van der Waals surface area contributed by atoms with Gasteiger partial charge in [0.1, 0.15) is 17.6 Å². The minimum atomic E-state index is -1.11. The first-order valence-corrected chi connectivity index (χ1v) is 10.7. The van der Waals surface area contributed by atoms with Gasteiger partial charge in [0.25, 0.3) is 5.91 Å². The molecule has 0 spiro atoms. The molecule has 1 heterocycles. The Morgan fingerprint density at radius 3 is 2.58 bits per heavy atom. The minimum absolute atomic E-state index is 0.148. The smallest absolute Gasteiger partial charge is 0.276 e. The third-order valence-corrected chi connectivity index (χ3v) is 5.61. The van der Waals surface area contributed by atoms with Crippen LogP contribution in [0.4, 0.5) is 4.39 Å². The Hall–Kier alpha value is -3.33. The summed E-state index contributed by atoms with van der Waals surface area (Å²) in [5.74, 6) is -0.711. The summed E-state index contributed by atoms with van der Waals surface area (Å²) in [4.78, 5) is 27.9. The number of rotatable bonds is 8. The summed E-state index contributed by atoms with van der Waals surface area (Å²) < 4.78 is 23.6.